The van der Waals surface area contributed by atoms with Gasteiger partial charge >= 0.3 is 5.97 Å². The summed E-state index contributed by atoms with van der Waals surface area (Å²) in [6.45, 7) is 0. The average Bonchev–Trinajstić information content (AvgIpc) is 2.95. The fraction of sp³-hybridized carbons (Fsp3) is 0.333. The summed E-state index contributed by atoms with van der Waals surface area (Å²) < 4.78 is 4.66. The van der Waals surface area contributed by atoms with E-state index in [0.29, 0.717) is 11.7 Å². The van der Waals surface area contributed by atoms with Crippen molar-refractivity contribution in [2.45, 2.75) is 25.3 Å². The van der Waals surface area contributed by atoms with Gasteiger partial charge in [-0.2, -0.15) is 0 Å². The minimum absolute atomic E-state index is 0.371. The Kier molecular flexibility index (Phi) is 3.69. The van der Waals surface area contributed by atoms with E-state index in [1.165, 1.54) is 29.6 Å². The minimum atomic E-state index is -0.386. The van der Waals surface area contributed by atoms with Crippen LogP contribution in [0.4, 0.5) is 5.13 Å². The van der Waals surface area contributed by atoms with E-state index in [0.717, 1.165) is 24.4 Å². The van der Waals surface area contributed by atoms with Gasteiger partial charge in [0.05, 0.1) is 7.11 Å². The summed E-state index contributed by atoms with van der Waals surface area (Å²) in [5, 5.41) is 5.93. The van der Waals surface area contributed by atoms with Gasteiger partial charge in [0.1, 0.15) is 0 Å². The number of carbonyl (C=O) groups excluding carboxylic acids is 1. The van der Waals surface area contributed by atoms with Crippen molar-refractivity contribution in [1.82, 2.24) is 4.98 Å². The zero-order valence-electron chi connectivity index (χ0n) is 11.3. The summed E-state index contributed by atoms with van der Waals surface area (Å²) >= 11 is 1.45. The molecule has 0 fully saturated rings. The van der Waals surface area contributed by atoms with Gasteiger partial charge in [0.15, 0.2) is 10.8 Å². The summed E-state index contributed by atoms with van der Waals surface area (Å²) in [5.41, 5.74) is 3.22. The van der Waals surface area contributed by atoms with E-state index in [1.807, 2.05) is 0 Å². The molecule has 5 heteroatoms. The van der Waals surface area contributed by atoms with Gasteiger partial charge in [-0.05, 0) is 30.4 Å². The van der Waals surface area contributed by atoms with Crippen molar-refractivity contribution in [2.24, 2.45) is 0 Å². The second-order valence-electron chi connectivity index (χ2n) is 4.88. The molecule has 0 radical (unpaired) electrons. The quantitative estimate of drug-likeness (QED) is 0.882. The van der Waals surface area contributed by atoms with Gasteiger partial charge in [0.25, 0.3) is 0 Å². The predicted octanol–water partition coefficient (Wildman–Crippen LogP) is 2.90. The average molecular weight is 288 g/mol. The highest BCUT2D eigenvalue weighted by molar-refractivity contribution is 7.13. The van der Waals surface area contributed by atoms with Crippen LogP contribution >= 0.6 is 11.3 Å². The van der Waals surface area contributed by atoms with Crippen LogP contribution in [0.3, 0.4) is 0 Å². The molecule has 0 aliphatic heterocycles. The molecule has 1 aromatic carbocycles. The number of nitrogens with zero attached hydrogens (tertiary/aromatic N) is 1. The fourth-order valence-corrected chi connectivity index (χ4v) is 3.29. The van der Waals surface area contributed by atoms with Crippen LogP contribution in [-0.4, -0.2) is 24.1 Å². The lowest BCUT2D eigenvalue weighted by atomic mass is 9.88. The van der Waals surface area contributed by atoms with Crippen LogP contribution in [0, 0.1) is 0 Å². The van der Waals surface area contributed by atoms with E-state index < -0.39 is 0 Å². The molecule has 20 heavy (non-hydrogen) atoms. The maximum atomic E-state index is 11.4. The van der Waals surface area contributed by atoms with Crippen LogP contribution in [0.5, 0.6) is 0 Å². The standard InChI is InChI=1S/C15H16N2O2S/c1-19-14(18)13-9-20-15(17-13)16-12-7-6-10-4-2-3-5-11(10)8-12/h2-5,9,12H,6-8H2,1H3,(H,16,17). The molecule has 0 bridgehead atoms. The number of methoxy groups -OCH3 is 1. The summed E-state index contributed by atoms with van der Waals surface area (Å²) in [7, 11) is 1.37. The van der Waals surface area contributed by atoms with Crippen molar-refractivity contribution in [3.63, 3.8) is 0 Å². The third-order valence-corrected chi connectivity index (χ3v) is 4.35. The fourth-order valence-electron chi connectivity index (χ4n) is 2.53. The molecule has 1 heterocycles. The summed E-state index contributed by atoms with van der Waals surface area (Å²) in [4.78, 5) is 15.6. The molecule has 0 saturated heterocycles. The maximum Gasteiger partial charge on any atom is 0.357 e. The number of esters is 1. The Morgan fingerprint density at radius 1 is 1.40 bits per heavy atom. The molecule has 1 N–H and O–H groups in total. The van der Waals surface area contributed by atoms with Crippen molar-refractivity contribution < 1.29 is 9.53 Å². The number of aromatic nitrogens is 1. The number of anilines is 1. The third kappa shape index (κ3) is 2.67. The Bertz CT molecular complexity index is 624. The molecule has 1 atom stereocenters. The molecule has 4 nitrogen and oxygen atoms in total. The normalized spacial score (nSPS) is 17.4. The molecule has 0 saturated carbocycles. The number of fused-ring (bicyclic) bond motifs is 1. The van der Waals surface area contributed by atoms with E-state index >= 15 is 0 Å². The topological polar surface area (TPSA) is 51.2 Å². The second kappa shape index (κ2) is 5.63. The molecular formula is C15H16N2O2S. The van der Waals surface area contributed by atoms with Gasteiger partial charge in [0, 0.05) is 11.4 Å². The lowest BCUT2D eigenvalue weighted by molar-refractivity contribution is 0.0595. The number of carbonyl (C=O) groups is 1. The first-order valence-electron chi connectivity index (χ1n) is 6.63. The first kappa shape index (κ1) is 13.1. The van der Waals surface area contributed by atoms with E-state index in [4.69, 9.17) is 0 Å². The van der Waals surface area contributed by atoms with Crippen molar-refractivity contribution in [1.29, 1.82) is 0 Å². The Morgan fingerprint density at radius 2 is 2.20 bits per heavy atom. The van der Waals surface area contributed by atoms with Crippen LogP contribution in [0.2, 0.25) is 0 Å². The molecule has 1 unspecified atom stereocenters. The summed E-state index contributed by atoms with van der Waals surface area (Å²) in [6.07, 6.45) is 3.18. The van der Waals surface area contributed by atoms with Gasteiger partial charge in [-0.25, -0.2) is 9.78 Å². The van der Waals surface area contributed by atoms with E-state index in [9.17, 15) is 4.79 Å². The van der Waals surface area contributed by atoms with Gasteiger partial charge in [-0.3, -0.25) is 0 Å². The molecule has 2 aromatic rings. The van der Waals surface area contributed by atoms with Crippen LogP contribution < -0.4 is 5.32 Å². The number of hydrogen-bond donors (Lipinski definition) is 1. The first-order valence-corrected chi connectivity index (χ1v) is 7.51. The number of rotatable bonds is 3. The zero-order chi connectivity index (χ0) is 13.9. The smallest absolute Gasteiger partial charge is 0.357 e. The van der Waals surface area contributed by atoms with Crippen LogP contribution in [0.25, 0.3) is 0 Å². The third-order valence-electron chi connectivity index (χ3n) is 3.57. The number of thiazole rings is 1. The number of nitrogens with one attached hydrogen (secondary N) is 1. The molecule has 1 aromatic heterocycles. The number of hydrogen-bond acceptors (Lipinski definition) is 5. The van der Waals surface area contributed by atoms with E-state index in [1.54, 1.807) is 5.38 Å². The van der Waals surface area contributed by atoms with Gasteiger partial charge in [-0.1, -0.05) is 24.3 Å². The lowest BCUT2D eigenvalue weighted by Gasteiger charge is -2.25. The summed E-state index contributed by atoms with van der Waals surface area (Å²) in [5.74, 6) is -0.386. The molecule has 104 valence electrons. The molecule has 3 rings (SSSR count). The SMILES string of the molecule is COC(=O)c1csc(NC2CCc3ccccc3C2)n1. The number of benzene rings is 1. The monoisotopic (exact) mass is 288 g/mol. The predicted molar refractivity (Wildman–Crippen MR) is 79.3 cm³/mol. The molecular weight excluding hydrogens is 272 g/mol. The van der Waals surface area contributed by atoms with Crippen molar-refractivity contribution in [3.8, 4) is 0 Å². The van der Waals surface area contributed by atoms with Gasteiger partial charge in [-0.15, -0.1) is 11.3 Å². The highest BCUT2D eigenvalue weighted by Crippen LogP contribution is 2.25. The summed E-state index contributed by atoms with van der Waals surface area (Å²) in [6, 6.07) is 8.94. The molecule has 1 aliphatic carbocycles. The highest BCUT2D eigenvalue weighted by atomic mass is 32.1. The lowest BCUT2D eigenvalue weighted by Crippen LogP contribution is -2.27. The van der Waals surface area contributed by atoms with E-state index in [2.05, 4.69) is 39.3 Å². The van der Waals surface area contributed by atoms with Crippen molar-refractivity contribution in [3.05, 3.63) is 46.5 Å². The first-order chi connectivity index (χ1) is 9.76. The highest BCUT2D eigenvalue weighted by Gasteiger charge is 2.19. The Balaban J connectivity index is 1.68. The zero-order valence-corrected chi connectivity index (χ0v) is 12.1. The Hall–Kier alpha value is -1.88. The van der Waals surface area contributed by atoms with E-state index in [-0.39, 0.29) is 5.97 Å². The largest absolute Gasteiger partial charge is 0.464 e. The number of ether oxygens (including phenoxy) is 1. The van der Waals surface area contributed by atoms with Crippen LogP contribution in [0.1, 0.15) is 28.0 Å². The van der Waals surface area contributed by atoms with Gasteiger partial charge in [0.2, 0.25) is 0 Å². The van der Waals surface area contributed by atoms with Gasteiger partial charge < -0.3 is 10.1 Å². The van der Waals surface area contributed by atoms with Crippen LogP contribution in [0.15, 0.2) is 29.6 Å². The Morgan fingerprint density at radius 3 is 3.00 bits per heavy atom. The maximum absolute atomic E-state index is 11.4. The van der Waals surface area contributed by atoms with Crippen molar-refractivity contribution >= 4 is 22.4 Å². The molecule has 0 amide bonds. The second-order valence-corrected chi connectivity index (χ2v) is 5.74. The Labute approximate surface area is 121 Å². The number of aryl methyl sites for hydroxylation is 1. The molecule has 1 aliphatic rings. The van der Waals surface area contributed by atoms with Crippen LogP contribution in [-0.2, 0) is 17.6 Å². The van der Waals surface area contributed by atoms with Crippen molar-refractivity contribution in [2.75, 3.05) is 12.4 Å². The molecule has 0 spiro atoms. The minimum Gasteiger partial charge on any atom is -0.464 e.